The SMILES string of the molecule is CC(C)(O)C[C@H]1COC(C)(C)C1. The Morgan fingerprint density at radius 1 is 1.50 bits per heavy atom. The van der Waals surface area contributed by atoms with Crippen LogP contribution in [0, 0.1) is 5.92 Å². The molecule has 0 bridgehead atoms. The Morgan fingerprint density at radius 3 is 2.42 bits per heavy atom. The molecule has 0 aromatic carbocycles. The molecule has 0 aromatic rings. The predicted molar refractivity (Wildman–Crippen MR) is 49.1 cm³/mol. The van der Waals surface area contributed by atoms with Gasteiger partial charge in [-0.15, -0.1) is 0 Å². The third kappa shape index (κ3) is 3.11. The molecule has 2 heteroatoms. The molecule has 1 fully saturated rings. The van der Waals surface area contributed by atoms with Crippen molar-refractivity contribution in [3.05, 3.63) is 0 Å². The van der Waals surface area contributed by atoms with Crippen LogP contribution in [0.2, 0.25) is 0 Å². The highest BCUT2D eigenvalue weighted by Gasteiger charge is 2.34. The molecule has 0 aromatic heterocycles. The maximum absolute atomic E-state index is 9.59. The molecule has 0 saturated carbocycles. The second-order valence-corrected chi connectivity index (χ2v) is 5.16. The van der Waals surface area contributed by atoms with Crippen molar-refractivity contribution >= 4 is 0 Å². The fourth-order valence-corrected chi connectivity index (χ4v) is 1.99. The lowest BCUT2D eigenvalue weighted by molar-refractivity contribution is 0.0277. The standard InChI is InChI=1S/C10H20O2/c1-9(2,11)5-8-6-10(3,4)12-7-8/h8,11H,5-7H2,1-4H3/t8-/m1/s1. The zero-order chi connectivity index (χ0) is 9.41. The van der Waals surface area contributed by atoms with Crippen molar-refractivity contribution in [2.45, 2.75) is 51.7 Å². The quantitative estimate of drug-likeness (QED) is 0.690. The summed E-state index contributed by atoms with van der Waals surface area (Å²) in [6.07, 6.45) is 1.91. The van der Waals surface area contributed by atoms with Crippen LogP contribution in [0.25, 0.3) is 0 Å². The fraction of sp³-hybridized carbons (Fsp3) is 1.00. The second-order valence-electron chi connectivity index (χ2n) is 5.16. The predicted octanol–water partition coefficient (Wildman–Crippen LogP) is 1.96. The topological polar surface area (TPSA) is 29.5 Å². The van der Waals surface area contributed by atoms with Crippen LogP contribution in [0.15, 0.2) is 0 Å². The van der Waals surface area contributed by atoms with Gasteiger partial charge in [-0.05, 0) is 46.5 Å². The molecule has 1 saturated heterocycles. The zero-order valence-electron chi connectivity index (χ0n) is 8.55. The van der Waals surface area contributed by atoms with Gasteiger partial charge in [-0.25, -0.2) is 0 Å². The van der Waals surface area contributed by atoms with Gasteiger partial charge in [-0.3, -0.25) is 0 Å². The number of rotatable bonds is 2. The Kier molecular flexibility index (Phi) is 2.50. The van der Waals surface area contributed by atoms with Crippen LogP contribution in [-0.2, 0) is 4.74 Å². The maximum Gasteiger partial charge on any atom is 0.0630 e. The monoisotopic (exact) mass is 172 g/mol. The van der Waals surface area contributed by atoms with Crippen LogP contribution in [0.1, 0.15) is 40.5 Å². The summed E-state index contributed by atoms with van der Waals surface area (Å²) in [5, 5.41) is 9.59. The summed E-state index contributed by atoms with van der Waals surface area (Å²) in [5.74, 6) is 0.528. The van der Waals surface area contributed by atoms with E-state index in [9.17, 15) is 5.11 Å². The highest BCUT2D eigenvalue weighted by molar-refractivity contribution is 4.84. The van der Waals surface area contributed by atoms with Gasteiger partial charge in [0.25, 0.3) is 0 Å². The molecule has 1 heterocycles. The molecule has 1 atom stereocenters. The van der Waals surface area contributed by atoms with Gasteiger partial charge in [0.05, 0.1) is 17.8 Å². The van der Waals surface area contributed by atoms with E-state index in [1.165, 1.54) is 0 Å². The minimum absolute atomic E-state index is 0.0237. The van der Waals surface area contributed by atoms with Gasteiger partial charge in [-0.1, -0.05) is 0 Å². The summed E-state index contributed by atoms with van der Waals surface area (Å²) < 4.78 is 5.59. The summed E-state index contributed by atoms with van der Waals surface area (Å²) in [4.78, 5) is 0. The van der Waals surface area contributed by atoms with E-state index in [4.69, 9.17) is 4.74 Å². The van der Waals surface area contributed by atoms with Gasteiger partial charge < -0.3 is 9.84 Å². The highest BCUT2D eigenvalue weighted by atomic mass is 16.5. The number of hydrogen-bond acceptors (Lipinski definition) is 2. The molecule has 0 amide bonds. The highest BCUT2D eigenvalue weighted by Crippen LogP contribution is 2.33. The minimum atomic E-state index is -0.547. The smallest absolute Gasteiger partial charge is 0.0630 e. The summed E-state index contributed by atoms with van der Waals surface area (Å²) in [6, 6.07) is 0. The van der Waals surface area contributed by atoms with Crippen LogP contribution in [-0.4, -0.2) is 22.9 Å². The Labute approximate surface area is 74.9 Å². The third-order valence-electron chi connectivity index (χ3n) is 2.28. The van der Waals surface area contributed by atoms with Crippen molar-refractivity contribution in [1.29, 1.82) is 0 Å². The van der Waals surface area contributed by atoms with Gasteiger partial charge in [0.2, 0.25) is 0 Å². The minimum Gasteiger partial charge on any atom is -0.390 e. The van der Waals surface area contributed by atoms with Crippen molar-refractivity contribution in [2.75, 3.05) is 6.61 Å². The molecule has 0 aliphatic carbocycles. The van der Waals surface area contributed by atoms with Crippen LogP contribution < -0.4 is 0 Å². The summed E-state index contributed by atoms with van der Waals surface area (Å²) in [5.41, 5.74) is -0.523. The molecule has 12 heavy (non-hydrogen) atoms. The first-order valence-electron chi connectivity index (χ1n) is 4.65. The normalized spacial score (nSPS) is 29.2. The van der Waals surface area contributed by atoms with Crippen LogP contribution in [0.3, 0.4) is 0 Å². The summed E-state index contributed by atoms with van der Waals surface area (Å²) in [7, 11) is 0. The average molecular weight is 172 g/mol. The van der Waals surface area contributed by atoms with Crippen molar-refractivity contribution in [1.82, 2.24) is 0 Å². The van der Waals surface area contributed by atoms with E-state index in [-0.39, 0.29) is 5.60 Å². The van der Waals surface area contributed by atoms with Crippen molar-refractivity contribution in [3.63, 3.8) is 0 Å². The van der Waals surface area contributed by atoms with Crippen LogP contribution >= 0.6 is 0 Å². The lowest BCUT2D eigenvalue weighted by Gasteiger charge is -2.21. The largest absolute Gasteiger partial charge is 0.390 e. The van der Waals surface area contributed by atoms with E-state index in [2.05, 4.69) is 13.8 Å². The maximum atomic E-state index is 9.59. The number of ether oxygens (including phenoxy) is 1. The zero-order valence-corrected chi connectivity index (χ0v) is 8.55. The molecule has 0 spiro atoms. The molecule has 2 nitrogen and oxygen atoms in total. The number of aliphatic hydroxyl groups is 1. The molecular formula is C10H20O2. The van der Waals surface area contributed by atoms with Gasteiger partial charge in [-0.2, -0.15) is 0 Å². The molecule has 0 unspecified atom stereocenters. The van der Waals surface area contributed by atoms with Crippen molar-refractivity contribution in [2.24, 2.45) is 5.92 Å². The summed E-state index contributed by atoms with van der Waals surface area (Å²) in [6.45, 7) is 8.74. The van der Waals surface area contributed by atoms with Gasteiger partial charge in [0, 0.05) is 0 Å². The fourth-order valence-electron chi connectivity index (χ4n) is 1.99. The molecular weight excluding hydrogens is 152 g/mol. The average Bonchev–Trinajstić information content (AvgIpc) is 2.05. The van der Waals surface area contributed by atoms with E-state index < -0.39 is 5.60 Å². The van der Waals surface area contributed by atoms with Gasteiger partial charge in [0.15, 0.2) is 0 Å². The third-order valence-corrected chi connectivity index (χ3v) is 2.28. The van der Waals surface area contributed by atoms with Gasteiger partial charge in [0.1, 0.15) is 0 Å². The Balaban J connectivity index is 2.39. The Bertz CT molecular complexity index is 156. The van der Waals surface area contributed by atoms with Crippen molar-refractivity contribution in [3.8, 4) is 0 Å². The first kappa shape index (κ1) is 10.0. The van der Waals surface area contributed by atoms with Crippen molar-refractivity contribution < 1.29 is 9.84 Å². The molecule has 0 radical (unpaired) electrons. The van der Waals surface area contributed by atoms with Crippen LogP contribution in [0.5, 0.6) is 0 Å². The Hall–Kier alpha value is -0.0800. The van der Waals surface area contributed by atoms with Crippen LogP contribution in [0.4, 0.5) is 0 Å². The van der Waals surface area contributed by atoms with Gasteiger partial charge >= 0.3 is 0 Å². The van der Waals surface area contributed by atoms with E-state index in [1.807, 2.05) is 13.8 Å². The number of hydrogen-bond donors (Lipinski definition) is 1. The second kappa shape index (κ2) is 3.00. The molecule has 72 valence electrons. The Morgan fingerprint density at radius 2 is 2.08 bits per heavy atom. The first-order chi connectivity index (χ1) is 5.29. The van der Waals surface area contributed by atoms with E-state index in [0.717, 1.165) is 19.4 Å². The molecule has 1 aliphatic rings. The lowest BCUT2D eigenvalue weighted by atomic mass is 9.89. The molecule has 1 aliphatic heterocycles. The van der Waals surface area contributed by atoms with E-state index >= 15 is 0 Å². The molecule has 1 rings (SSSR count). The first-order valence-corrected chi connectivity index (χ1v) is 4.65. The molecule has 1 N–H and O–H groups in total. The lowest BCUT2D eigenvalue weighted by Crippen LogP contribution is -2.24. The van der Waals surface area contributed by atoms with E-state index in [1.54, 1.807) is 0 Å². The van der Waals surface area contributed by atoms with E-state index in [0.29, 0.717) is 5.92 Å². The summed E-state index contributed by atoms with van der Waals surface area (Å²) >= 11 is 0.